The summed E-state index contributed by atoms with van der Waals surface area (Å²) >= 11 is 3.63. The lowest BCUT2D eigenvalue weighted by Crippen LogP contribution is -2.47. The van der Waals surface area contributed by atoms with E-state index in [0.29, 0.717) is 0 Å². The van der Waals surface area contributed by atoms with Gasteiger partial charge in [0, 0.05) is 71.6 Å². The Labute approximate surface area is 167 Å². The molecule has 0 radical (unpaired) electrons. The summed E-state index contributed by atoms with van der Waals surface area (Å²) in [6.45, 7) is 5.52. The second-order valence-corrected chi connectivity index (χ2v) is 8.13. The molecular weight excluding hydrogens is 400 g/mol. The summed E-state index contributed by atoms with van der Waals surface area (Å²) in [4.78, 5) is 11.8. The topological polar surface area (TPSA) is 38.1 Å². The van der Waals surface area contributed by atoms with E-state index < -0.39 is 0 Å². The van der Waals surface area contributed by atoms with Gasteiger partial charge in [0.05, 0.1) is 5.52 Å². The van der Waals surface area contributed by atoms with E-state index in [0.717, 1.165) is 43.6 Å². The van der Waals surface area contributed by atoms with Gasteiger partial charge in [-0.3, -0.25) is 4.90 Å². The fourth-order valence-corrected chi connectivity index (χ4v) is 4.70. The lowest BCUT2D eigenvalue weighted by Gasteiger charge is -2.36. The average molecular weight is 423 g/mol. The number of aromatic nitrogens is 2. The van der Waals surface area contributed by atoms with E-state index in [1.54, 1.807) is 0 Å². The number of benzene rings is 2. The van der Waals surface area contributed by atoms with E-state index >= 15 is 0 Å². The Kier molecular flexibility index (Phi) is 4.42. The lowest BCUT2D eigenvalue weighted by molar-refractivity contribution is 0.261. The summed E-state index contributed by atoms with van der Waals surface area (Å²) in [5.74, 6) is 0. The third kappa shape index (κ3) is 3.15. The first-order chi connectivity index (χ1) is 13.3. The number of H-pyrrole nitrogens is 2. The molecule has 0 atom stereocenters. The van der Waals surface area contributed by atoms with Crippen LogP contribution in [0.25, 0.3) is 21.8 Å². The molecular formula is C22H23BrN4. The van der Waals surface area contributed by atoms with Gasteiger partial charge in [0.2, 0.25) is 0 Å². The molecule has 27 heavy (non-hydrogen) atoms. The van der Waals surface area contributed by atoms with E-state index in [2.05, 4.69) is 84.4 Å². The number of fused-ring (bicyclic) bond motifs is 2. The number of aromatic amines is 2. The van der Waals surface area contributed by atoms with E-state index in [1.165, 1.54) is 33.1 Å². The molecule has 0 bridgehead atoms. The Hall–Kier alpha value is -2.24. The van der Waals surface area contributed by atoms with Crippen molar-refractivity contribution in [2.24, 2.45) is 0 Å². The predicted molar refractivity (Wildman–Crippen MR) is 117 cm³/mol. The van der Waals surface area contributed by atoms with Gasteiger partial charge < -0.3 is 14.9 Å². The Bertz CT molecular complexity index is 1070. The summed E-state index contributed by atoms with van der Waals surface area (Å²) in [6.07, 6.45) is 5.28. The Balaban J connectivity index is 1.23. The van der Waals surface area contributed by atoms with Crippen LogP contribution in [0.15, 0.2) is 59.3 Å². The zero-order chi connectivity index (χ0) is 18.2. The highest BCUT2D eigenvalue weighted by Gasteiger charge is 2.19. The zero-order valence-corrected chi connectivity index (χ0v) is 16.8. The second-order valence-electron chi connectivity index (χ2n) is 7.27. The molecule has 1 aliphatic heterocycles. The smallest absolute Gasteiger partial charge is 0.0601 e. The first-order valence-electron chi connectivity index (χ1n) is 9.57. The van der Waals surface area contributed by atoms with Gasteiger partial charge in [-0.15, -0.1) is 0 Å². The van der Waals surface area contributed by atoms with Crippen molar-refractivity contribution in [2.75, 3.05) is 37.6 Å². The number of nitrogens with zero attached hydrogens (tertiary/aromatic N) is 2. The minimum atomic E-state index is 1.09. The molecule has 0 saturated carbocycles. The number of hydrogen-bond donors (Lipinski definition) is 2. The lowest BCUT2D eigenvalue weighted by atomic mass is 10.1. The summed E-state index contributed by atoms with van der Waals surface area (Å²) in [6, 6.07) is 15.1. The molecule has 0 amide bonds. The monoisotopic (exact) mass is 422 g/mol. The first kappa shape index (κ1) is 16.9. The van der Waals surface area contributed by atoms with Crippen molar-refractivity contribution < 1.29 is 0 Å². The molecule has 0 aliphatic carbocycles. The number of para-hydroxylation sites is 1. The Morgan fingerprint density at radius 3 is 2.63 bits per heavy atom. The highest BCUT2D eigenvalue weighted by atomic mass is 79.9. The molecule has 1 saturated heterocycles. The quantitative estimate of drug-likeness (QED) is 0.496. The van der Waals surface area contributed by atoms with Gasteiger partial charge in [0.1, 0.15) is 0 Å². The van der Waals surface area contributed by atoms with Crippen LogP contribution in [-0.4, -0.2) is 47.6 Å². The van der Waals surface area contributed by atoms with Crippen LogP contribution in [0.1, 0.15) is 5.56 Å². The molecule has 5 heteroatoms. The fourth-order valence-electron chi connectivity index (χ4n) is 4.22. The number of hydrogen-bond acceptors (Lipinski definition) is 2. The highest BCUT2D eigenvalue weighted by molar-refractivity contribution is 9.10. The van der Waals surface area contributed by atoms with Gasteiger partial charge in [0.25, 0.3) is 0 Å². The number of piperazine rings is 1. The van der Waals surface area contributed by atoms with Crippen molar-refractivity contribution in [1.82, 2.24) is 14.9 Å². The predicted octanol–water partition coefficient (Wildman–Crippen LogP) is 4.78. The van der Waals surface area contributed by atoms with Crippen molar-refractivity contribution in [1.29, 1.82) is 0 Å². The summed E-state index contributed by atoms with van der Waals surface area (Å²) in [7, 11) is 0. The van der Waals surface area contributed by atoms with Gasteiger partial charge in [0.15, 0.2) is 0 Å². The molecule has 5 rings (SSSR count). The van der Waals surface area contributed by atoms with Gasteiger partial charge in [-0.25, -0.2) is 0 Å². The standard InChI is InChI=1S/C22H23BrN4/c23-19-4-1-3-17-16(15-25-22(17)19)8-10-26-11-13-27(14-12-26)21-6-2-5-20-18(21)7-9-24-20/h1-7,9,15,24-25H,8,10-14H2. The first-order valence-corrected chi connectivity index (χ1v) is 10.4. The van der Waals surface area contributed by atoms with Crippen LogP contribution in [0.3, 0.4) is 0 Å². The van der Waals surface area contributed by atoms with Gasteiger partial charge in [-0.2, -0.15) is 0 Å². The van der Waals surface area contributed by atoms with E-state index in [4.69, 9.17) is 0 Å². The maximum Gasteiger partial charge on any atom is 0.0601 e. The number of rotatable bonds is 4. The summed E-state index contributed by atoms with van der Waals surface area (Å²) in [5.41, 5.74) is 5.19. The van der Waals surface area contributed by atoms with Crippen molar-refractivity contribution in [3.05, 3.63) is 64.9 Å². The minimum Gasteiger partial charge on any atom is -0.368 e. The normalized spacial score (nSPS) is 15.8. The molecule has 4 aromatic rings. The zero-order valence-electron chi connectivity index (χ0n) is 15.2. The van der Waals surface area contributed by atoms with Crippen LogP contribution >= 0.6 is 15.9 Å². The van der Waals surface area contributed by atoms with Crippen LogP contribution in [0.5, 0.6) is 0 Å². The van der Waals surface area contributed by atoms with Crippen molar-refractivity contribution in [3.8, 4) is 0 Å². The molecule has 0 spiro atoms. The largest absolute Gasteiger partial charge is 0.368 e. The minimum absolute atomic E-state index is 1.09. The fraction of sp³-hybridized carbons (Fsp3) is 0.273. The molecule has 1 fully saturated rings. The third-order valence-electron chi connectivity index (χ3n) is 5.73. The summed E-state index contributed by atoms with van der Waals surface area (Å²) in [5, 5.41) is 2.66. The van der Waals surface area contributed by atoms with E-state index in [-0.39, 0.29) is 0 Å². The Morgan fingerprint density at radius 2 is 1.74 bits per heavy atom. The van der Waals surface area contributed by atoms with Crippen molar-refractivity contribution in [2.45, 2.75) is 6.42 Å². The number of nitrogens with one attached hydrogen (secondary N) is 2. The van der Waals surface area contributed by atoms with Crippen LogP contribution in [0, 0.1) is 0 Å². The maximum atomic E-state index is 3.63. The maximum absolute atomic E-state index is 3.63. The molecule has 2 aromatic carbocycles. The molecule has 2 N–H and O–H groups in total. The molecule has 138 valence electrons. The average Bonchev–Trinajstić information content (AvgIpc) is 3.34. The Morgan fingerprint density at radius 1 is 0.889 bits per heavy atom. The molecule has 0 unspecified atom stereocenters. The van der Waals surface area contributed by atoms with E-state index in [9.17, 15) is 0 Å². The molecule has 4 nitrogen and oxygen atoms in total. The van der Waals surface area contributed by atoms with Crippen LogP contribution in [0.2, 0.25) is 0 Å². The summed E-state index contributed by atoms with van der Waals surface area (Å²) < 4.78 is 1.14. The molecule has 1 aliphatic rings. The van der Waals surface area contributed by atoms with Crippen molar-refractivity contribution in [3.63, 3.8) is 0 Å². The van der Waals surface area contributed by atoms with Crippen LogP contribution in [0.4, 0.5) is 5.69 Å². The van der Waals surface area contributed by atoms with Crippen LogP contribution in [-0.2, 0) is 6.42 Å². The van der Waals surface area contributed by atoms with Gasteiger partial charge in [-0.1, -0.05) is 18.2 Å². The number of anilines is 1. The van der Waals surface area contributed by atoms with Crippen molar-refractivity contribution >= 4 is 43.4 Å². The second kappa shape index (κ2) is 7.06. The van der Waals surface area contributed by atoms with E-state index in [1.807, 2.05) is 6.20 Å². The number of halogens is 1. The highest BCUT2D eigenvalue weighted by Crippen LogP contribution is 2.28. The van der Waals surface area contributed by atoms with Crippen LogP contribution < -0.4 is 4.90 Å². The third-order valence-corrected chi connectivity index (χ3v) is 6.39. The molecule has 2 aromatic heterocycles. The van der Waals surface area contributed by atoms with Gasteiger partial charge >= 0.3 is 0 Å². The molecule has 3 heterocycles. The van der Waals surface area contributed by atoms with Gasteiger partial charge in [-0.05, 0) is 52.2 Å². The SMILES string of the molecule is Brc1cccc2c(CCN3CCN(c4cccc5[nH]ccc45)CC3)c[nH]c12.